The predicted octanol–water partition coefficient (Wildman–Crippen LogP) is -4.05. The van der Waals surface area contributed by atoms with Crippen molar-refractivity contribution < 1.29 is 40.1 Å². The third-order valence-corrected chi connectivity index (χ3v) is 3.48. The molecule has 2 aliphatic heterocycles. The zero-order chi connectivity index (χ0) is 13.4. The van der Waals surface area contributed by atoms with E-state index >= 15 is 0 Å². The van der Waals surface area contributed by atoms with Crippen LogP contribution < -0.4 is 0 Å². The Morgan fingerprint density at radius 1 is 0.611 bits per heavy atom. The van der Waals surface area contributed by atoms with Crippen LogP contribution in [0.4, 0.5) is 0 Å². The van der Waals surface area contributed by atoms with Crippen LogP contribution in [0.5, 0.6) is 0 Å². The van der Waals surface area contributed by atoms with Gasteiger partial charge < -0.3 is 40.1 Å². The molecule has 2 aliphatic rings. The summed E-state index contributed by atoms with van der Waals surface area (Å²) in [5, 5.41) is 56.6. The van der Waals surface area contributed by atoms with Crippen molar-refractivity contribution in [2.45, 2.75) is 48.8 Å². The van der Waals surface area contributed by atoms with Gasteiger partial charge in [-0.3, -0.25) is 0 Å². The summed E-state index contributed by atoms with van der Waals surface area (Å²) < 4.78 is 10.4. The van der Waals surface area contributed by atoms with Gasteiger partial charge in [0.2, 0.25) is 0 Å². The molecule has 0 aromatic carbocycles. The smallest absolute Gasteiger partial charge is 0.115 e. The van der Waals surface area contributed by atoms with Crippen LogP contribution >= 0.6 is 0 Å². The third kappa shape index (κ3) is 2.15. The molecule has 2 fully saturated rings. The molecule has 8 atom stereocenters. The van der Waals surface area contributed by atoms with Gasteiger partial charge in [-0.1, -0.05) is 0 Å². The van der Waals surface area contributed by atoms with Gasteiger partial charge in [0.25, 0.3) is 0 Å². The molecule has 0 spiro atoms. The standard InChI is InChI=1S/C10H18O8/c11-1-3-5(13)7(15)9(17-3)10-8(16)6(14)4(2-12)18-10/h3-16H,1-2H2/t3-,4-,5-,6-,7-,8+,9?,10?/m1/s1. The number of hydrogen-bond acceptors (Lipinski definition) is 8. The monoisotopic (exact) mass is 266 g/mol. The van der Waals surface area contributed by atoms with Crippen molar-refractivity contribution in [3.8, 4) is 0 Å². The second-order valence-corrected chi connectivity index (χ2v) is 4.61. The molecular formula is C10H18O8. The van der Waals surface area contributed by atoms with Crippen molar-refractivity contribution >= 4 is 0 Å². The molecule has 18 heavy (non-hydrogen) atoms. The maximum atomic E-state index is 9.76. The Morgan fingerprint density at radius 3 is 1.17 bits per heavy atom. The van der Waals surface area contributed by atoms with E-state index in [1.54, 1.807) is 0 Å². The minimum absolute atomic E-state index is 0.483. The molecule has 0 aromatic heterocycles. The first kappa shape index (κ1) is 14.1. The summed E-state index contributed by atoms with van der Waals surface area (Å²) in [6.45, 7) is -0.965. The van der Waals surface area contributed by atoms with Crippen molar-refractivity contribution in [3.05, 3.63) is 0 Å². The molecule has 0 bridgehead atoms. The van der Waals surface area contributed by atoms with Crippen molar-refractivity contribution in [2.24, 2.45) is 0 Å². The Bertz CT molecular complexity index is 259. The molecule has 0 aromatic rings. The van der Waals surface area contributed by atoms with Crippen molar-refractivity contribution in [3.63, 3.8) is 0 Å². The zero-order valence-corrected chi connectivity index (χ0v) is 9.53. The second kappa shape index (κ2) is 5.35. The third-order valence-electron chi connectivity index (χ3n) is 3.48. The van der Waals surface area contributed by atoms with Crippen LogP contribution in [0.25, 0.3) is 0 Å². The lowest BCUT2D eigenvalue weighted by atomic mass is 9.99. The summed E-state index contributed by atoms with van der Waals surface area (Å²) >= 11 is 0. The van der Waals surface area contributed by atoms with Gasteiger partial charge in [-0.05, 0) is 0 Å². The topological polar surface area (TPSA) is 140 Å². The minimum atomic E-state index is -1.34. The molecular weight excluding hydrogens is 248 g/mol. The molecule has 8 nitrogen and oxygen atoms in total. The molecule has 0 aliphatic carbocycles. The molecule has 106 valence electrons. The van der Waals surface area contributed by atoms with Crippen LogP contribution in [0, 0.1) is 0 Å². The Kier molecular flexibility index (Phi) is 4.19. The van der Waals surface area contributed by atoms with Gasteiger partial charge in [-0.25, -0.2) is 0 Å². The fraction of sp³-hybridized carbons (Fsp3) is 1.00. The highest BCUT2D eigenvalue weighted by molar-refractivity contribution is 5.02. The maximum Gasteiger partial charge on any atom is 0.115 e. The Labute approximate surface area is 103 Å². The second-order valence-electron chi connectivity index (χ2n) is 4.61. The summed E-state index contributed by atoms with van der Waals surface area (Å²) in [6.07, 6.45) is -9.34. The fourth-order valence-corrected chi connectivity index (χ4v) is 2.40. The summed E-state index contributed by atoms with van der Waals surface area (Å²) in [4.78, 5) is 0. The summed E-state index contributed by atoms with van der Waals surface area (Å²) in [6, 6.07) is 0. The Morgan fingerprint density at radius 2 is 0.944 bits per heavy atom. The van der Waals surface area contributed by atoms with E-state index in [9.17, 15) is 20.4 Å². The fourth-order valence-electron chi connectivity index (χ4n) is 2.40. The van der Waals surface area contributed by atoms with Gasteiger partial charge in [-0.2, -0.15) is 0 Å². The van der Waals surface area contributed by atoms with Crippen molar-refractivity contribution in [1.29, 1.82) is 0 Å². The van der Waals surface area contributed by atoms with Gasteiger partial charge >= 0.3 is 0 Å². The minimum Gasteiger partial charge on any atom is -0.394 e. The molecule has 0 saturated carbocycles. The molecule has 0 radical (unpaired) electrons. The number of aliphatic hydroxyl groups excluding tert-OH is 6. The quantitative estimate of drug-likeness (QED) is 0.303. The van der Waals surface area contributed by atoms with E-state index < -0.39 is 62.0 Å². The van der Waals surface area contributed by atoms with E-state index in [2.05, 4.69) is 0 Å². The molecule has 2 heterocycles. The predicted molar refractivity (Wildman–Crippen MR) is 55.5 cm³/mol. The van der Waals surface area contributed by atoms with Crippen LogP contribution in [0.3, 0.4) is 0 Å². The first-order chi connectivity index (χ1) is 8.51. The van der Waals surface area contributed by atoms with Crippen LogP contribution in [0.15, 0.2) is 0 Å². The highest BCUT2D eigenvalue weighted by Crippen LogP contribution is 2.32. The van der Waals surface area contributed by atoms with Gasteiger partial charge in [0.15, 0.2) is 0 Å². The molecule has 0 amide bonds. The van der Waals surface area contributed by atoms with Crippen molar-refractivity contribution in [2.75, 3.05) is 13.2 Å². The van der Waals surface area contributed by atoms with E-state index in [-0.39, 0.29) is 0 Å². The highest BCUT2D eigenvalue weighted by atomic mass is 16.6. The summed E-state index contributed by atoms with van der Waals surface area (Å²) in [7, 11) is 0. The van der Waals surface area contributed by atoms with E-state index in [4.69, 9.17) is 19.7 Å². The van der Waals surface area contributed by atoms with Gasteiger partial charge in [0, 0.05) is 0 Å². The largest absolute Gasteiger partial charge is 0.394 e. The molecule has 2 saturated heterocycles. The Balaban J connectivity index is 2.09. The first-order valence-corrected chi connectivity index (χ1v) is 5.76. The lowest BCUT2D eigenvalue weighted by Gasteiger charge is -2.23. The molecule has 2 rings (SSSR count). The average Bonchev–Trinajstić information content (AvgIpc) is 2.81. The van der Waals surface area contributed by atoms with Gasteiger partial charge in [0.05, 0.1) is 13.2 Å². The zero-order valence-electron chi connectivity index (χ0n) is 9.53. The number of aliphatic hydroxyl groups is 6. The van der Waals surface area contributed by atoms with Crippen LogP contribution in [-0.4, -0.2) is 92.7 Å². The van der Waals surface area contributed by atoms with Crippen LogP contribution in [0.1, 0.15) is 0 Å². The summed E-state index contributed by atoms with van der Waals surface area (Å²) in [5.41, 5.74) is 0. The van der Waals surface area contributed by atoms with Gasteiger partial charge in [0.1, 0.15) is 48.8 Å². The lowest BCUT2D eigenvalue weighted by Crippen LogP contribution is -2.45. The summed E-state index contributed by atoms with van der Waals surface area (Å²) in [5.74, 6) is 0. The SMILES string of the molecule is OC[C@H]1OC(C2O[C@H](CO)[C@@H](O)[C@@H]2O)[C@H](O)[C@@H]1O. The number of rotatable bonds is 3. The molecule has 6 N–H and O–H groups in total. The molecule has 2 unspecified atom stereocenters. The maximum absolute atomic E-state index is 9.76. The Hall–Kier alpha value is -0.320. The first-order valence-electron chi connectivity index (χ1n) is 5.76. The van der Waals surface area contributed by atoms with Gasteiger partial charge in [-0.15, -0.1) is 0 Å². The van der Waals surface area contributed by atoms with E-state index in [1.807, 2.05) is 0 Å². The van der Waals surface area contributed by atoms with E-state index in [0.29, 0.717) is 0 Å². The van der Waals surface area contributed by atoms with Crippen LogP contribution in [0.2, 0.25) is 0 Å². The number of ether oxygens (including phenoxy) is 2. The van der Waals surface area contributed by atoms with Crippen molar-refractivity contribution in [1.82, 2.24) is 0 Å². The number of hydrogen-bond donors (Lipinski definition) is 6. The highest BCUT2D eigenvalue weighted by Gasteiger charge is 2.54. The van der Waals surface area contributed by atoms with Crippen LogP contribution in [-0.2, 0) is 9.47 Å². The van der Waals surface area contributed by atoms with E-state index in [1.165, 1.54) is 0 Å². The van der Waals surface area contributed by atoms with E-state index in [0.717, 1.165) is 0 Å². The normalized spacial score (nSPS) is 53.0. The lowest BCUT2D eigenvalue weighted by molar-refractivity contribution is -0.121. The molecule has 8 heteroatoms. The average molecular weight is 266 g/mol.